The van der Waals surface area contributed by atoms with Crippen LogP contribution in [0.3, 0.4) is 0 Å². The third-order valence-corrected chi connectivity index (χ3v) is 1.58. The van der Waals surface area contributed by atoms with Crippen LogP contribution in [0.5, 0.6) is 0 Å². The summed E-state index contributed by atoms with van der Waals surface area (Å²) in [5.74, 6) is 0. The van der Waals surface area contributed by atoms with Gasteiger partial charge in [0.15, 0.2) is 0 Å². The standard InChI is InChI=1S/C12H20/c1-3-5-7-9-11-12-10-8-6-4-2/h3,5-6,8,11-12H,4,7,9-10H2,1-2H3. The van der Waals surface area contributed by atoms with Gasteiger partial charge in [0.2, 0.25) is 0 Å². The molecule has 0 bridgehead atoms. The van der Waals surface area contributed by atoms with Gasteiger partial charge < -0.3 is 0 Å². The molecular weight excluding hydrogens is 144 g/mol. The summed E-state index contributed by atoms with van der Waals surface area (Å²) in [5.41, 5.74) is 0. The summed E-state index contributed by atoms with van der Waals surface area (Å²) in [6, 6.07) is 0. The zero-order valence-corrected chi connectivity index (χ0v) is 8.29. The molecule has 0 atom stereocenters. The van der Waals surface area contributed by atoms with E-state index < -0.39 is 0 Å². The van der Waals surface area contributed by atoms with Crippen LogP contribution in [0.1, 0.15) is 39.5 Å². The number of hydrogen-bond acceptors (Lipinski definition) is 0. The van der Waals surface area contributed by atoms with Crippen LogP contribution >= 0.6 is 0 Å². The lowest BCUT2D eigenvalue weighted by Crippen LogP contribution is -1.64. The van der Waals surface area contributed by atoms with Gasteiger partial charge in [-0.15, -0.1) is 0 Å². The Morgan fingerprint density at radius 3 is 2.17 bits per heavy atom. The molecule has 0 aliphatic heterocycles. The van der Waals surface area contributed by atoms with Crippen LogP contribution < -0.4 is 0 Å². The molecule has 0 amide bonds. The van der Waals surface area contributed by atoms with E-state index >= 15 is 0 Å². The summed E-state index contributed by atoms with van der Waals surface area (Å²) < 4.78 is 0. The Morgan fingerprint density at radius 1 is 0.833 bits per heavy atom. The van der Waals surface area contributed by atoms with Crippen molar-refractivity contribution in [3.63, 3.8) is 0 Å². The second-order valence-electron chi connectivity index (χ2n) is 2.73. The maximum Gasteiger partial charge on any atom is -0.0169 e. The van der Waals surface area contributed by atoms with Gasteiger partial charge in [0.25, 0.3) is 0 Å². The number of hydrogen-bond donors (Lipinski definition) is 0. The van der Waals surface area contributed by atoms with Gasteiger partial charge in [-0.1, -0.05) is 43.4 Å². The highest BCUT2D eigenvalue weighted by atomic mass is 13.8. The van der Waals surface area contributed by atoms with E-state index in [2.05, 4.69) is 50.3 Å². The maximum absolute atomic E-state index is 2.25. The van der Waals surface area contributed by atoms with Gasteiger partial charge in [-0.25, -0.2) is 0 Å². The Bertz CT molecular complexity index is 149. The van der Waals surface area contributed by atoms with Crippen molar-refractivity contribution < 1.29 is 0 Å². The molecule has 0 aromatic rings. The highest BCUT2D eigenvalue weighted by Crippen LogP contribution is 1.95. The summed E-state index contributed by atoms with van der Waals surface area (Å²) in [6.07, 6.45) is 17.8. The van der Waals surface area contributed by atoms with E-state index in [1.807, 2.05) is 0 Å². The fourth-order valence-corrected chi connectivity index (χ4v) is 0.915. The highest BCUT2D eigenvalue weighted by molar-refractivity contribution is 4.93. The van der Waals surface area contributed by atoms with Gasteiger partial charge in [0.1, 0.15) is 0 Å². The van der Waals surface area contributed by atoms with E-state index in [9.17, 15) is 0 Å². The second kappa shape index (κ2) is 10.2. The molecule has 0 nitrogen and oxygen atoms in total. The van der Waals surface area contributed by atoms with Crippen LogP contribution in [-0.4, -0.2) is 0 Å². The summed E-state index contributed by atoms with van der Waals surface area (Å²) in [6.45, 7) is 4.22. The Balaban J connectivity index is 3.19. The zero-order valence-electron chi connectivity index (χ0n) is 8.29. The molecule has 0 radical (unpaired) electrons. The van der Waals surface area contributed by atoms with Crippen molar-refractivity contribution >= 4 is 0 Å². The summed E-state index contributed by atoms with van der Waals surface area (Å²) >= 11 is 0. The van der Waals surface area contributed by atoms with Crippen LogP contribution in [0.2, 0.25) is 0 Å². The first-order chi connectivity index (χ1) is 5.91. The van der Waals surface area contributed by atoms with Crippen LogP contribution in [-0.2, 0) is 0 Å². The minimum Gasteiger partial charge on any atom is -0.0917 e. The molecule has 68 valence electrons. The van der Waals surface area contributed by atoms with Crippen molar-refractivity contribution in [1.29, 1.82) is 0 Å². The Hall–Kier alpha value is -0.780. The quantitative estimate of drug-likeness (QED) is 0.406. The Kier molecular flexibility index (Phi) is 9.56. The van der Waals surface area contributed by atoms with Gasteiger partial charge in [-0.3, -0.25) is 0 Å². The van der Waals surface area contributed by atoms with Crippen molar-refractivity contribution in [3.05, 3.63) is 36.5 Å². The van der Waals surface area contributed by atoms with Crippen molar-refractivity contribution in [1.82, 2.24) is 0 Å². The first kappa shape index (κ1) is 11.2. The highest BCUT2D eigenvalue weighted by Gasteiger charge is 1.74. The van der Waals surface area contributed by atoms with Gasteiger partial charge in [-0.2, -0.15) is 0 Å². The number of unbranched alkanes of at least 4 members (excludes halogenated alkanes) is 1. The predicted molar refractivity (Wildman–Crippen MR) is 57.2 cm³/mol. The molecule has 0 aromatic carbocycles. The molecule has 0 unspecified atom stereocenters. The van der Waals surface area contributed by atoms with E-state index in [4.69, 9.17) is 0 Å². The maximum atomic E-state index is 2.25. The molecule has 0 N–H and O–H groups in total. The summed E-state index contributed by atoms with van der Waals surface area (Å²) in [5, 5.41) is 0. The van der Waals surface area contributed by atoms with Crippen LogP contribution in [0, 0.1) is 0 Å². The monoisotopic (exact) mass is 164 g/mol. The third-order valence-electron chi connectivity index (χ3n) is 1.58. The van der Waals surface area contributed by atoms with Crippen molar-refractivity contribution in [2.75, 3.05) is 0 Å². The van der Waals surface area contributed by atoms with Gasteiger partial charge >= 0.3 is 0 Å². The molecule has 0 aromatic heterocycles. The first-order valence-electron chi connectivity index (χ1n) is 4.83. The topological polar surface area (TPSA) is 0 Å². The molecule has 0 heteroatoms. The first-order valence-corrected chi connectivity index (χ1v) is 4.83. The molecule has 12 heavy (non-hydrogen) atoms. The van der Waals surface area contributed by atoms with E-state index in [0.717, 1.165) is 12.8 Å². The molecule has 0 aliphatic carbocycles. The SMILES string of the molecule is CC=CCCC=CCC=CCC. The average molecular weight is 164 g/mol. The largest absolute Gasteiger partial charge is 0.0917 e. The Morgan fingerprint density at radius 2 is 1.50 bits per heavy atom. The molecule has 0 rings (SSSR count). The van der Waals surface area contributed by atoms with E-state index in [0.29, 0.717) is 0 Å². The van der Waals surface area contributed by atoms with E-state index in [1.54, 1.807) is 0 Å². The van der Waals surface area contributed by atoms with Gasteiger partial charge in [-0.05, 0) is 32.6 Å². The lowest BCUT2D eigenvalue weighted by molar-refractivity contribution is 1.04. The lowest BCUT2D eigenvalue weighted by atomic mass is 10.2. The fourth-order valence-electron chi connectivity index (χ4n) is 0.915. The van der Waals surface area contributed by atoms with Crippen molar-refractivity contribution in [2.24, 2.45) is 0 Å². The molecule has 0 fully saturated rings. The minimum atomic E-state index is 1.09. The normalized spacial score (nSPS) is 12.5. The van der Waals surface area contributed by atoms with Gasteiger partial charge in [0.05, 0.1) is 0 Å². The molecule has 0 saturated heterocycles. The fraction of sp³-hybridized carbons (Fsp3) is 0.500. The Labute approximate surface area is 76.7 Å². The zero-order chi connectivity index (χ0) is 9.07. The molecule has 0 aliphatic rings. The van der Waals surface area contributed by atoms with E-state index in [1.165, 1.54) is 12.8 Å². The van der Waals surface area contributed by atoms with Crippen LogP contribution in [0.25, 0.3) is 0 Å². The average Bonchev–Trinajstić information content (AvgIpc) is 2.10. The van der Waals surface area contributed by atoms with Crippen molar-refractivity contribution in [3.8, 4) is 0 Å². The third kappa shape index (κ3) is 9.22. The lowest BCUT2D eigenvalue weighted by Gasteiger charge is -1.85. The van der Waals surface area contributed by atoms with Crippen LogP contribution in [0.15, 0.2) is 36.5 Å². The minimum absolute atomic E-state index is 1.09. The van der Waals surface area contributed by atoms with Crippen LogP contribution in [0.4, 0.5) is 0 Å². The van der Waals surface area contributed by atoms with Crippen molar-refractivity contribution in [2.45, 2.75) is 39.5 Å². The van der Waals surface area contributed by atoms with Gasteiger partial charge in [0, 0.05) is 0 Å². The molecule has 0 heterocycles. The molecular formula is C12H20. The number of rotatable bonds is 6. The second-order valence-corrected chi connectivity index (χ2v) is 2.73. The molecule has 0 spiro atoms. The summed E-state index contributed by atoms with van der Waals surface area (Å²) in [4.78, 5) is 0. The predicted octanol–water partition coefficient (Wildman–Crippen LogP) is 4.26. The van der Waals surface area contributed by atoms with E-state index in [-0.39, 0.29) is 0 Å². The molecule has 0 saturated carbocycles. The summed E-state index contributed by atoms with van der Waals surface area (Å²) in [7, 11) is 0. The smallest absolute Gasteiger partial charge is 0.0169 e. The number of allylic oxidation sites excluding steroid dienone is 6.